The molecule has 0 saturated carbocycles. The fourth-order valence-electron chi connectivity index (χ4n) is 1.54. The first-order valence-electron chi connectivity index (χ1n) is 6.00. The highest BCUT2D eigenvalue weighted by atomic mass is 35.5. The van der Waals surface area contributed by atoms with Gasteiger partial charge in [0.25, 0.3) is 0 Å². The van der Waals surface area contributed by atoms with Crippen LogP contribution in [0.4, 0.5) is 0 Å². The van der Waals surface area contributed by atoms with Gasteiger partial charge in [0.05, 0.1) is 11.1 Å². The van der Waals surface area contributed by atoms with E-state index in [9.17, 15) is 8.42 Å². The number of hydrogen-bond donors (Lipinski definition) is 2. The van der Waals surface area contributed by atoms with Crippen LogP contribution < -0.4 is 10.5 Å². The third-order valence-electron chi connectivity index (χ3n) is 2.53. The van der Waals surface area contributed by atoms with Gasteiger partial charge in [-0.3, -0.25) is 0 Å². The highest BCUT2D eigenvalue weighted by molar-refractivity contribution is 7.89. The van der Waals surface area contributed by atoms with Gasteiger partial charge >= 0.3 is 0 Å². The lowest BCUT2D eigenvalue weighted by Crippen LogP contribution is -2.32. The normalized spacial score (nSPS) is 13.5. The monoisotopic (exact) mass is 306 g/mol. The molecule has 1 aromatic carbocycles. The van der Waals surface area contributed by atoms with Crippen molar-refractivity contribution in [1.29, 1.82) is 0 Å². The molecule has 0 aromatic heterocycles. The van der Waals surface area contributed by atoms with E-state index in [4.69, 9.17) is 22.1 Å². The van der Waals surface area contributed by atoms with Crippen molar-refractivity contribution in [3.05, 3.63) is 28.8 Å². The van der Waals surface area contributed by atoms with Gasteiger partial charge < -0.3 is 10.5 Å². The van der Waals surface area contributed by atoms with Crippen molar-refractivity contribution in [1.82, 2.24) is 4.72 Å². The Morgan fingerprint density at radius 2 is 2.16 bits per heavy atom. The first kappa shape index (κ1) is 16.4. The smallest absolute Gasteiger partial charge is 0.242 e. The molecule has 0 aliphatic carbocycles. The van der Waals surface area contributed by atoms with Crippen LogP contribution in [0.1, 0.15) is 19.4 Å². The Balaban J connectivity index is 2.83. The van der Waals surface area contributed by atoms with Crippen molar-refractivity contribution in [3.63, 3.8) is 0 Å². The Labute approximate surface area is 119 Å². The maximum atomic E-state index is 12.1. The van der Waals surface area contributed by atoms with E-state index in [1.165, 1.54) is 6.07 Å². The Morgan fingerprint density at radius 3 is 2.68 bits per heavy atom. The quantitative estimate of drug-likeness (QED) is 0.800. The summed E-state index contributed by atoms with van der Waals surface area (Å²) < 4.78 is 31.9. The first-order valence-corrected chi connectivity index (χ1v) is 7.86. The molecule has 0 fully saturated rings. The number of rotatable bonds is 7. The largest absolute Gasteiger partial charge is 0.377 e. The lowest BCUT2D eigenvalue weighted by Gasteiger charge is -2.14. The second-order valence-electron chi connectivity index (χ2n) is 4.09. The molecular weight excluding hydrogens is 288 g/mol. The Hall–Kier alpha value is -0.660. The van der Waals surface area contributed by atoms with Crippen LogP contribution in [0.25, 0.3) is 0 Å². The molecule has 108 valence electrons. The number of halogens is 1. The van der Waals surface area contributed by atoms with E-state index < -0.39 is 10.0 Å². The second-order valence-corrected chi connectivity index (χ2v) is 6.23. The highest BCUT2D eigenvalue weighted by Gasteiger charge is 2.18. The van der Waals surface area contributed by atoms with Gasteiger partial charge in [-0.05, 0) is 31.5 Å². The molecule has 0 radical (unpaired) electrons. The fourth-order valence-corrected chi connectivity index (χ4v) is 3.22. The Bertz CT molecular complexity index is 520. The summed E-state index contributed by atoms with van der Waals surface area (Å²) in [7, 11) is -3.63. The van der Waals surface area contributed by atoms with Crippen LogP contribution in [0.3, 0.4) is 0 Å². The van der Waals surface area contributed by atoms with Gasteiger partial charge in [0.2, 0.25) is 10.0 Å². The number of benzene rings is 1. The van der Waals surface area contributed by atoms with Gasteiger partial charge in [-0.2, -0.15) is 0 Å². The average Bonchev–Trinajstić information content (AvgIpc) is 2.36. The van der Waals surface area contributed by atoms with Crippen LogP contribution in [0.2, 0.25) is 5.02 Å². The van der Waals surface area contributed by atoms with E-state index in [2.05, 4.69) is 4.72 Å². The third-order valence-corrected chi connectivity index (χ3v) is 4.44. The Morgan fingerprint density at radius 1 is 1.47 bits per heavy atom. The maximum absolute atomic E-state index is 12.1. The molecule has 0 saturated heterocycles. The van der Waals surface area contributed by atoms with E-state index in [1.807, 2.05) is 6.92 Å². The minimum absolute atomic E-state index is 0.0510. The van der Waals surface area contributed by atoms with Crippen molar-refractivity contribution in [3.8, 4) is 0 Å². The minimum Gasteiger partial charge on any atom is -0.377 e. The van der Waals surface area contributed by atoms with E-state index in [0.29, 0.717) is 13.2 Å². The summed E-state index contributed by atoms with van der Waals surface area (Å²) in [5, 5.41) is 0.166. The zero-order valence-electron chi connectivity index (χ0n) is 11.0. The summed E-state index contributed by atoms with van der Waals surface area (Å²) in [6.45, 7) is 4.70. The van der Waals surface area contributed by atoms with Crippen LogP contribution in [-0.2, 0) is 21.3 Å². The van der Waals surface area contributed by atoms with Gasteiger partial charge in [-0.15, -0.1) is 0 Å². The van der Waals surface area contributed by atoms with Gasteiger partial charge in [0, 0.05) is 19.7 Å². The molecule has 0 amide bonds. The van der Waals surface area contributed by atoms with Crippen molar-refractivity contribution in [2.45, 2.75) is 31.4 Å². The van der Waals surface area contributed by atoms with Crippen molar-refractivity contribution < 1.29 is 13.2 Å². The predicted molar refractivity (Wildman–Crippen MR) is 75.6 cm³/mol. The zero-order chi connectivity index (χ0) is 14.5. The molecule has 19 heavy (non-hydrogen) atoms. The summed E-state index contributed by atoms with van der Waals surface area (Å²) in [6, 6.07) is 4.66. The third kappa shape index (κ3) is 4.74. The molecule has 5 nitrogen and oxygen atoms in total. The lowest BCUT2D eigenvalue weighted by atomic mass is 10.2. The molecule has 1 atom stereocenters. The molecule has 7 heteroatoms. The lowest BCUT2D eigenvalue weighted by molar-refractivity contribution is 0.0799. The molecule has 0 aliphatic heterocycles. The number of ether oxygens (including phenoxy) is 1. The van der Waals surface area contributed by atoms with Crippen molar-refractivity contribution >= 4 is 21.6 Å². The summed E-state index contributed by atoms with van der Waals surface area (Å²) >= 11 is 5.96. The summed E-state index contributed by atoms with van der Waals surface area (Å²) in [4.78, 5) is 0.0510. The zero-order valence-corrected chi connectivity index (χ0v) is 12.6. The van der Waals surface area contributed by atoms with Gasteiger partial charge in [-0.1, -0.05) is 17.7 Å². The molecular formula is C12H19ClN2O3S. The van der Waals surface area contributed by atoms with E-state index in [-0.39, 0.29) is 22.6 Å². The maximum Gasteiger partial charge on any atom is 0.242 e. The molecule has 1 unspecified atom stereocenters. The molecule has 0 aliphatic rings. The van der Waals surface area contributed by atoms with Gasteiger partial charge in [0.15, 0.2) is 0 Å². The number of sulfonamides is 1. The van der Waals surface area contributed by atoms with Crippen LogP contribution in [0.15, 0.2) is 23.1 Å². The van der Waals surface area contributed by atoms with Crippen LogP contribution in [0.5, 0.6) is 0 Å². The molecule has 1 aromatic rings. The number of hydrogen-bond acceptors (Lipinski definition) is 4. The topological polar surface area (TPSA) is 81.4 Å². The van der Waals surface area contributed by atoms with Gasteiger partial charge in [0.1, 0.15) is 4.90 Å². The van der Waals surface area contributed by atoms with Crippen LogP contribution >= 0.6 is 11.6 Å². The van der Waals surface area contributed by atoms with Crippen molar-refractivity contribution in [2.75, 3.05) is 13.2 Å². The van der Waals surface area contributed by atoms with E-state index >= 15 is 0 Å². The van der Waals surface area contributed by atoms with Gasteiger partial charge in [-0.25, -0.2) is 13.1 Å². The number of nitrogens with one attached hydrogen (secondary N) is 1. The fraction of sp³-hybridized carbons (Fsp3) is 0.500. The highest BCUT2D eigenvalue weighted by Crippen LogP contribution is 2.22. The van der Waals surface area contributed by atoms with E-state index in [1.54, 1.807) is 19.1 Å². The molecule has 0 heterocycles. The first-order chi connectivity index (χ1) is 8.90. The molecule has 0 bridgehead atoms. The standard InChI is InChI=1S/C12H19ClN2O3S/c1-3-18-9(2)8-15-19(16,17)12-5-4-10(7-14)6-11(12)13/h4-6,9,15H,3,7-8,14H2,1-2H3. The number of nitrogens with two attached hydrogens (primary N) is 1. The summed E-state index contributed by atoms with van der Waals surface area (Å²) in [5.41, 5.74) is 6.25. The Kier molecular flexibility index (Phi) is 6.22. The van der Waals surface area contributed by atoms with Crippen LogP contribution in [0, 0.1) is 0 Å². The van der Waals surface area contributed by atoms with E-state index in [0.717, 1.165) is 5.56 Å². The van der Waals surface area contributed by atoms with Crippen LogP contribution in [-0.4, -0.2) is 27.7 Å². The molecule has 1 rings (SSSR count). The second kappa shape index (κ2) is 7.21. The summed E-state index contributed by atoms with van der Waals surface area (Å²) in [5.74, 6) is 0. The summed E-state index contributed by atoms with van der Waals surface area (Å²) in [6.07, 6.45) is -0.193. The van der Waals surface area contributed by atoms with Crippen molar-refractivity contribution in [2.24, 2.45) is 5.73 Å². The SMILES string of the molecule is CCOC(C)CNS(=O)(=O)c1ccc(CN)cc1Cl. The average molecular weight is 307 g/mol. The molecule has 3 N–H and O–H groups in total. The molecule has 0 spiro atoms. The predicted octanol–water partition coefficient (Wildman–Crippen LogP) is 1.50. The minimum atomic E-state index is -3.63.